The van der Waals surface area contributed by atoms with E-state index in [0.717, 1.165) is 12.0 Å². The minimum absolute atomic E-state index is 0.131. The van der Waals surface area contributed by atoms with Gasteiger partial charge in [0.05, 0.1) is 17.6 Å². The third-order valence-electron chi connectivity index (χ3n) is 3.03. The van der Waals surface area contributed by atoms with Gasteiger partial charge in [-0.3, -0.25) is 9.71 Å². The molecule has 0 radical (unpaired) electrons. The van der Waals surface area contributed by atoms with E-state index in [0.29, 0.717) is 24.5 Å². The summed E-state index contributed by atoms with van der Waals surface area (Å²) in [6.45, 7) is 2.59. The van der Waals surface area contributed by atoms with Crippen LogP contribution in [-0.4, -0.2) is 24.1 Å². The van der Waals surface area contributed by atoms with Crippen molar-refractivity contribution in [3.8, 4) is 0 Å². The Bertz CT molecular complexity index is 672. The summed E-state index contributed by atoms with van der Waals surface area (Å²) >= 11 is 0. The van der Waals surface area contributed by atoms with Crippen LogP contribution in [0.5, 0.6) is 0 Å². The number of hydrogen-bond donors (Lipinski definition) is 2. The fourth-order valence-corrected chi connectivity index (χ4v) is 3.07. The first-order valence-electron chi connectivity index (χ1n) is 7.18. The van der Waals surface area contributed by atoms with Crippen molar-refractivity contribution in [3.63, 3.8) is 0 Å². The Morgan fingerprint density at radius 2 is 1.91 bits per heavy atom. The van der Waals surface area contributed by atoms with Crippen molar-refractivity contribution in [3.05, 3.63) is 48.4 Å². The fraction of sp³-hybridized carbons (Fsp3) is 0.333. The Labute approximate surface area is 131 Å². The van der Waals surface area contributed by atoms with Crippen molar-refractivity contribution in [2.45, 2.75) is 26.3 Å². The van der Waals surface area contributed by atoms with Crippen molar-refractivity contribution in [2.75, 3.05) is 15.8 Å². The van der Waals surface area contributed by atoms with E-state index in [1.54, 1.807) is 24.5 Å². The molecule has 0 aliphatic rings. The second-order valence-corrected chi connectivity index (χ2v) is 6.76. The summed E-state index contributed by atoms with van der Waals surface area (Å²) in [5.41, 5.74) is 1.58. The van der Waals surface area contributed by atoms with Gasteiger partial charge in [-0.05, 0) is 36.2 Å². The molecule has 0 saturated carbocycles. The molecule has 2 rings (SSSR count). The summed E-state index contributed by atoms with van der Waals surface area (Å²) in [4.78, 5) is 8.16. The molecule has 2 aromatic heterocycles. The van der Waals surface area contributed by atoms with E-state index in [1.165, 1.54) is 6.20 Å². The number of sulfonamides is 1. The number of nitrogens with zero attached hydrogens (tertiary/aromatic N) is 2. The lowest BCUT2D eigenvalue weighted by Gasteiger charge is -2.09. The van der Waals surface area contributed by atoms with Crippen molar-refractivity contribution in [2.24, 2.45) is 0 Å². The highest BCUT2D eigenvalue weighted by molar-refractivity contribution is 7.92. The van der Waals surface area contributed by atoms with E-state index < -0.39 is 10.0 Å². The summed E-state index contributed by atoms with van der Waals surface area (Å²) in [5, 5.41) is 3.17. The molecule has 0 aromatic carbocycles. The van der Waals surface area contributed by atoms with Crippen LogP contribution >= 0.6 is 0 Å². The van der Waals surface area contributed by atoms with Gasteiger partial charge in [-0.25, -0.2) is 13.4 Å². The van der Waals surface area contributed by atoms with Crippen molar-refractivity contribution in [1.29, 1.82) is 0 Å². The van der Waals surface area contributed by atoms with Gasteiger partial charge in [-0.2, -0.15) is 0 Å². The Morgan fingerprint density at radius 3 is 2.55 bits per heavy atom. The van der Waals surface area contributed by atoms with Crippen LogP contribution in [0.15, 0.2) is 42.9 Å². The van der Waals surface area contributed by atoms with Crippen LogP contribution in [0.25, 0.3) is 0 Å². The van der Waals surface area contributed by atoms with E-state index in [9.17, 15) is 8.42 Å². The molecule has 22 heavy (non-hydrogen) atoms. The van der Waals surface area contributed by atoms with Gasteiger partial charge in [0.1, 0.15) is 5.82 Å². The van der Waals surface area contributed by atoms with Gasteiger partial charge in [0.15, 0.2) is 0 Å². The van der Waals surface area contributed by atoms with Gasteiger partial charge in [0.2, 0.25) is 10.0 Å². The monoisotopic (exact) mass is 320 g/mol. The summed E-state index contributed by atoms with van der Waals surface area (Å²) in [6, 6.07) is 7.29. The zero-order valence-electron chi connectivity index (χ0n) is 12.5. The van der Waals surface area contributed by atoms with E-state index in [4.69, 9.17) is 0 Å². The number of hydrogen-bond acceptors (Lipinski definition) is 5. The summed E-state index contributed by atoms with van der Waals surface area (Å²) in [6.07, 6.45) is 6.47. The van der Waals surface area contributed by atoms with Gasteiger partial charge in [0, 0.05) is 18.9 Å². The highest BCUT2D eigenvalue weighted by Crippen LogP contribution is 2.13. The highest BCUT2D eigenvalue weighted by atomic mass is 32.2. The van der Waals surface area contributed by atoms with Crippen LogP contribution in [-0.2, 0) is 16.6 Å². The van der Waals surface area contributed by atoms with Crippen molar-refractivity contribution in [1.82, 2.24) is 9.97 Å². The van der Waals surface area contributed by atoms with Gasteiger partial charge in [0.25, 0.3) is 0 Å². The molecule has 0 bridgehead atoms. The Morgan fingerprint density at radius 1 is 1.14 bits per heavy atom. The minimum atomic E-state index is -3.28. The lowest BCUT2D eigenvalue weighted by Crippen LogP contribution is -2.16. The third-order valence-corrected chi connectivity index (χ3v) is 4.40. The van der Waals surface area contributed by atoms with Crippen molar-refractivity contribution < 1.29 is 8.42 Å². The summed E-state index contributed by atoms with van der Waals surface area (Å²) in [7, 11) is -3.28. The molecule has 2 heterocycles. The summed E-state index contributed by atoms with van der Waals surface area (Å²) in [5.74, 6) is 0.819. The second kappa shape index (κ2) is 7.74. The van der Waals surface area contributed by atoms with Crippen LogP contribution in [0, 0.1) is 0 Å². The van der Waals surface area contributed by atoms with Crippen LogP contribution in [0.2, 0.25) is 0 Å². The number of pyridine rings is 2. The largest absolute Gasteiger partial charge is 0.366 e. The number of aromatic nitrogens is 2. The number of rotatable bonds is 8. The molecule has 6 nitrogen and oxygen atoms in total. The van der Waals surface area contributed by atoms with Gasteiger partial charge >= 0.3 is 0 Å². The predicted octanol–water partition coefficient (Wildman–Crippen LogP) is 2.63. The molecule has 0 amide bonds. The lowest BCUT2D eigenvalue weighted by atomic mass is 10.3. The quantitative estimate of drug-likeness (QED) is 0.781. The van der Waals surface area contributed by atoms with Crippen molar-refractivity contribution >= 4 is 21.5 Å². The maximum absolute atomic E-state index is 11.8. The first-order chi connectivity index (χ1) is 10.6. The molecule has 0 saturated heterocycles. The molecular weight excluding hydrogens is 300 g/mol. The van der Waals surface area contributed by atoms with Crippen LogP contribution in [0.3, 0.4) is 0 Å². The van der Waals surface area contributed by atoms with Crippen LogP contribution in [0.1, 0.15) is 25.3 Å². The molecule has 0 aliphatic heterocycles. The van der Waals surface area contributed by atoms with E-state index >= 15 is 0 Å². The lowest BCUT2D eigenvalue weighted by molar-refractivity contribution is 0.598. The van der Waals surface area contributed by atoms with Crippen LogP contribution in [0.4, 0.5) is 11.5 Å². The first kappa shape index (κ1) is 16.2. The average molecular weight is 320 g/mol. The molecule has 0 spiro atoms. The minimum Gasteiger partial charge on any atom is -0.366 e. The predicted molar refractivity (Wildman–Crippen MR) is 88.1 cm³/mol. The Balaban J connectivity index is 1.90. The zero-order chi connectivity index (χ0) is 15.8. The molecule has 0 fully saturated rings. The Hall–Kier alpha value is -2.15. The molecule has 118 valence electrons. The second-order valence-electron chi connectivity index (χ2n) is 4.92. The molecule has 0 atom stereocenters. The van der Waals surface area contributed by atoms with Crippen LogP contribution < -0.4 is 10.0 Å². The SMILES string of the molecule is CCCCS(=O)(=O)Nc1ccc(NCc2ccncc2)nc1. The molecular formula is C15H20N4O2S. The zero-order valence-corrected chi connectivity index (χ0v) is 13.3. The topological polar surface area (TPSA) is 84.0 Å². The average Bonchev–Trinajstić information content (AvgIpc) is 2.53. The summed E-state index contributed by atoms with van der Waals surface area (Å²) < 4.78 is 26.1. The maximum atomic E-state index is 11.8. The van der Waals surface area contributed by atoms with Gasteiger partial charge in [-0.1, -0.05) is 13.3 Å². The number of nitrogens with one attached hydrogen (secondary N) is 2. The molecule has 0 aliphatic carbocycles. The normalized spacial score (nSPS) is 11.1. The Kier molecular flexibility index (Phi) is 5.71. The smallest absolute Gasteiger partial charge is 0.232 e. The number of anilines is 2. The third kappa shape index (κ3) is 5.33. The van der Waals surface area contributed by atoms with E-state index in [-0.39, 0.29) is 5.75 Å². The molecule has 2 N–H and O–H groups in total. The van der Waals surface area contributed by atoms with E-state index in [1.807, 2.05) is 19.1 Å². The fourth-order valence-electron chi connectivity index (χ4n) is 1.82. The van der Waals surface area contributed by atoms with E-state index in [2.05, 4.69) is 20.0 Å². The molecule has 2 aromatic rings. The number of unbranched alkanes of at least 4 members (excludes halogenated alkanes) is 1. The first-order valence-corrected chi connectivity index (χ1v) is 8.83. The molecule has 0 unspecified atom stereocenters. The maximum Gasteiger partial charge on any atom is 0.232 e. The standard InChI is InChI=1S/C15H20N4O2S/c1-2-3-10-22(20,21)19-14-4-5-15(18-12-14)17-11-13-6-8-16-9-7-13/h4-9,12,19H,2-3,10-11H2,1H3,(H,17,18). The van der Waals surface area contributed by atoms with Gasteiger partial charge < -0.3 is 5.32 Å². The van der Waals surface area contributed by atoms with Gasteiger partial charge in [-0.15, -0.1) is 0 Å². The molecule has 7 heteroatoms. The highest BCUT2D eigenvalue weighted by Gasteiger charge is 2.09.